The molecule has 0 atom stereocenters. The molecule has 7 nitrogen and oxygen atoms in total. The molecule has 1 fully saturated rings. The van der Waals surface area contributed by atoms with Crippen molar-refractivity contribution in [2.75, 3.05) is 19.6 Å². The lowest BCUT2D eigenvalue weighted by Gasteiger charge is -2.34. The van der Waals surface area contributed by atoms with Crippen molar-refractivity contribution >= 4 is 17.7 Å². The molecule has 240 valence electrons. The fraction of sp³-hybridized carbons (Fsp3) is 0.361. The van der Waals surface area contributed by atoms with Crippen molar-refractivity contribution in [2.24, 2.45) is 0 Å². The van der Waals surface area contributed by atoms with Crippen molar-refractivity contribution in [1.29, 1.82) is 0 Å². The van der Waals surface area contributed by atoms with E-state index in [4.69, 9.17) is 14.9 Å². The van der Waals surface area contributed by atoms with Crippen LogP contribution in [0.4, 0.5) is 8.78 Å². The summed E-state index contributed by atoms with van der Waals surface area (Å²) in [6.45, 7) is 9.20. The number of carboxylic acids is 2. The third-order valence-corrected chi connectivity index (χ3v) is 7.53. The Hall–Kier alpha value is -4.21. The van der Waals surface area contributed by atoms with E-state index in [2.05, 4.69) is 37.8 Å². The minimum Gasteiger partial charge on any atom is -0.478 e. The van der Waals surface area contributed by atoms with E-state index < -0.39 is 11.9 Å². The van der Waals surface area contributed by atoms with E-state index in [9.17, 15) is 23.2 Å². The van der Waals surface area contributed by atoms with Crippen molar-refractivity contribution in [3.63, 3.8) is 0 Å². The van der Waals surface area contributed by atoms with Gasteiger partial charge in [0.25, 0.3) is 0 Å². The van der Waals surface area contributed by atoms with Crippen LogP contribution in [-0.4, -0.2) is 58.6 Å². The smallest absolute Gasteiger partial charge is 0.328 e. The summed E-state index contributed by atoms with van der Waals surface area (Å²) in [5.41, 5.74) is 3.80. The average molecular weight is 622 g/mol. The second kappa shape index (κ2) is 16.7. The fourth-order valence-electron chi connectivity index (χ4n) is 4.99. The van der Waals surface area contributed by atoms with Gasteiger partial charge in [0.05, 0.1) is 6.10 Å². The van der Waals surface area contributed by atoms with Crippen LogP contribution in [0.3, 0.4) is 0 Å². The van der Waals surface area contributed by atoms with E-state index in [1.165, 1.54) is 29.8 Å². The SMILES string of the molecule is CC(C)(C)c1ccc(C(=O)CCCN2CCC(OC(c3ccc(F)cc3)c3ccc(F)cc3)CC2)cc1.O=C(O)/C=C/C(=O)O. The summed E-state index contributed by atoms with van der Waals surface area (Å²) in [5.74, 6) is -2.91. The van der Waals surface area contributed by atoms with Gasteiger partial charge in [0.1, 0.15) is 17.7 Å². The molecule has 9 heteroatoms. The van der Waals surface area contributed by atoms with Gasteiger partial charge in [0, 0.05) is 37.2 Å². The van der Waals surface area contributed by atoms with Gasteiger partial charge in [-0.25, -0.2) is 18.4 Å². The predicted octanol–water partition coefficient (Wildman–Crippen LogP) is 7.21. The zero-order valence-electron chi connectivity index (χ0n) is 25.9. The lowest BCUT2D eigenvalue weighted by atomic mass is 9.86. The number of carboxylic acid groups (broad SMARTS) is 2. The van der Waals surface area contributed by atoms with E-state index in [-0.39, 0.29) is 35.0 Å². The van der Waals surface area contributed by atoms with Crippen LogP contribution in [0.2, 0.25) is 0 Å². The standard InChI is InChI=1S/C32H37F2NO2.C4H4O4/c1-32(2,3)26-12-6-23(7-13-26)30(36)5-4-20-35-21-18-29(19-22-35)37-31(24-8-14-27(33)15-9-24)25-10-16-28(34)17-11-25;5-3(6)1-2-4(7)8/h6-17,29,31H,4-5,18-22H2,1-3H3;1-2H,(H,5,6)(H,7,8)/b;2-1+. The number of Topliss-reactive ketones (excluding diaryl/α,β-unsaturated/α-hetero) is 1. The Morgan fingerprint density at radius 1 is 0.822 bits per heavy atom. The highest BCUT2D eigenvalue weighted by Crippen LogP contribution is 2.30. The number of carbonyl (C=O) groups is 3. The number of nitrogens with zero attached hydrogens (tertiary/aromatic N) is 1. The number of carbonyl (C=O) groups excluding carboxylic acids is 1. The Labute approximate surface area is 263 Å². The lowest BCUT2D eigenvalue weighted by Crippen LogP contribution is -2.38. The van der Waals surface area contributed by atoms with Gasteiger partial charge in [0.2, 0.25) is 0 Å². The highest BCUT2D eigenvalue weighted by molar-refractivity contribution is 5.96. The van der Waals surface area contributed by atoms with Gasteiger partial charge < -0.3 is 19.8 Å². The first-order valence-corrected chi connectivity index (χ1v) is 15.0. The Kier molecular flexibility index (Phi) is 13.1. The van der Waals surface area contributed by atoms with Gasteiger partial charge in [-0.2, -0.15) is 0 Å². The van der Waals surface area contributed by atoms with Crippen LogP contribution < -0.4 is 0 Å². The first-order valence-electron chi connectivity index (χ1n) is 15.0. The van der Waals surface area contributed by atoms with Crippen LogP contribution in [0.15, 0.2) is 84.9 Å². The molecular weight excluding hydrogens is 580 g/mol. The highest BCUT2D eigenvalue weighted by Gasteiger charge is 2.25. The third kappa shape index (κ3) is 12.0. The van der Waals surface area contributed by atoms with Crippen LogP contribution >= 0.6 is 0 Å². The zero-order chi connectivity index (χ0) is 33.0. The molecule has 1 heterocycles. The number of aliphatic carboxylic acids is 2. The monoisotopic (exact) mass is 621 g/mol. The minimum absolute atomic E-state index is 0.0549. The maximum Gasteiger partial charge on any atom is 0.328 e. The largest absolute Gasteiger partial charge is 0.478 e. The van der Waals surface area contributed by atoms with Crippen LogP contribution in [0, 0.1) is 11.6 Å². The summed E-state index contributed by atoms with van der Waals surface area (Å²) in [5, 5.41) is 15.6. The summed E-state index contributed by atoms with van der Waals surface area (Å²) in [4.78, 5) is 34.1. The molecule has 0 saturated carbocycles. The van der Waals surface area contributed by atoms with E-state index in [1.807, 2.05) is 12.1 Å². The number of ketones is 1. The van der Waals surface area contributed by atoms with Gasteiger partial charge in [-0.3, -0.25) is 4.79 Å². The molecule has 4 rings (SSSR count). The van der Waals surface area contributed by atoms with Crippen molar-refractivity contribution in [2.45, 2.75) is 64.1 Å². The normalized spacial score (nSPS) is 14.3. The van der Waals surface area contributed by atoms with Gasteiger partial charge >= 0.3 is 11.9 Å². The van der Waals surface area contributed by atoms with Gasteiger partial charge in [0.15, 0.2) is 5.78 Å². The topological polar surface area (TPSA) is 104 Å². The second-order valence-corrected chi connectivity index (χ2v) is 12.0. The van der Waals surface area contributed by atoms with Gasteiger partial charge in [-0.05, 0) is 72.2 Å². The summed E-state index contributed by atoms with van der Waals surface area (Å²) in [6, 6.07) is 20.6. The first kappa shape index (κ1) is 35.3. The van der Waals surface area contributed by atoms with Gasteiger partial charge in [-0.15, -0.1) is 0 Å². The Morgan fingerprint density at radius 3 is 1.71 bits per heavy atom. The lowest BCUT2D eigenvalue weighted by molar-refractivity contribution is -0.134. The Balaban J connectivity index is 0.000000610. The Morgan fingerprint density at radius 2 is 1.29 bits per heavy atom. The molecule has 1 aliphatic rings. The summed E-state index contributed by atoms with van der Waals surface area (Å²) in [6.07, 6.45) is 3.92. The number of benzene rings is 3. The predicted molar refractivity (Wildman–Crippen MR) is 168 cm³/mol. The number of piperidine rings is 1. The molecule has 0 radical (unpaired) electrons. The second-order valence-electron chi connectivity index (χ2n) is 12.0. The van der Waals surface area contributed by atoms with E-state index in [1.54, 1.807) is 24.3 Å². The van der Waals surface area contributed by atoms with Crippen LogP contribution in [0.1, 0.15) is 79.6 Å². The maximum atomic E-state index is 13.5. The first-order chi connectivity index (χ1) is 21.3. The molecule has 45 heavy (non-hydrogen) atoms. The molecule has 0 unspecified atom stereocenters. The molecule has 2 N–H and O–H groups in total. The number of ether oxygens (including phenoxy) is 1. The molecular formula is C36H41F2NO6. The fourth-order valence-corrected chi connectivity index (χ4v) is 4.99. The molecule has 3 aromatic rings. The van der Waals surface area contributed by atoms with Crippen molar-refractivity contribution in [3.8, 4) is 0 Å². The number of halogens is 2. The van der Waals surface area contributed by atoms with Crippen LogP contribution in [0.25, 0.3) is 0 Å². The zero-order valence-corrected chi connectivity index (χ0v) is 25.9. The maximum absolute atomic E-state index is 13.5. The summed E-state index contributed by atoms with van der Waals surface area (Å²) in [7, 11) is 0. The van der Waals surface area contributed by atoms with Crippen molar-refractivity contribution in [3.05, 3.63) is 119 Å². The third-order valence-electron chi connectivity index (χ3n) is 7.53. The number of hydrogen-bond donors (Lipinski definition) is 2. The van der Waals surface area contributed by atoms with Gasteiger partial charge in [-0.1, -0.05) is 69.3 Å². The molecule has 0 aromatic heterocycles. The summed E-state index contributed by atoms with van der Waals surface area (Å²) >= 11 is 0. The molecule has 1 saturated heterocycles. The molecule has 3 aromatic carbocycles. The highest BCUT2D eigenvalue weighted by atomic mass is 19.1. The average Bonchev–Trinajstić information content (AvgIpc) is 3.00. The Bertz CT molecular complexity index is 1360. The van der Waals surface area contributed by atoms with Crippen LogP contribution in [-0.2, 0) is 19.7 Å². The molecule has 1 aliphatic heterocycles. The molecule has 0 amide bonds. The number of hydrogen-bond acceptors (Lipinski definition) is 5. The summed E-state index contributed by atoms with van der Waals surface area (Å²) < 4.78 is 33.5. The molecule has 0 aliphatic carbocycles. The van der Waals surface area contributed by atoms with E-state index in [0.717, 1.165) is 55.6 Å². The van der Waals surface area contributed by atoms with Crippen molar-refractivity contribution < 1.29 is 38.1 Å². The van der Waals surface area contributed by atoms with E-state index in [0.29, 0.717) is 18.6 Å². The number of likely N-dealkylation sites (tertiary alicyclic amines) is 1. The van der Waals surface area contributed by atoms with Crippen LogP contribution in [0.5, 0.6) is 0 Å². The van der Waals surface area contributed by atoms with Crippen molar-refractivity contribution in [1.82, 2.24) is 4.90 Å². The van der Waals surface area contributed by atoms with E-state index >= 15 is 0 Å². The molecule has 0 bridgehead atoms. The quantitative estimate of drug-likeness (QED) is 0.172. The minimum atomic E-state index is -1.26. The molecule has 0 spiro atoms. The number of rotatable bonds is 11.